The van der Waals surface area contributed by atoms with Gasteiger partial charge in [0, 0.05) is 27.0 Å². The summed E-state index contributed by atoms with van der Waals surface area (Å²) < 4.78 is 13.5. The first kappa shape index (κ1) is 23.8. The molecule has 34 heavy (non-hydrogen) atoms. The van der Waals surface area contributed by atoms with E-state index in [4.69, 9.17) is 20.8 Å². The molecule has 1 unspecified atom stereocenters. The van der Waals surface area contributed by atoms with E-state index in [0.717, 1.165) is 27.2 Å². The summed E-state index contributed by atoms with van der Waals surface area (Å²) in [7, 11) is 0. The van der Waals surface area contributed by atoms with E-state index >= 15 is 0 Å². The maximum atomic E-state index is 13.0. The van der Waals surface area contributed by atoms with Crippen LogP contribution in [0.4, 0.5) is 0 Å². The van der Waals surface area contributed by atoms with Crippen LogP contribution in [0.5, 0.6) is 0 Å². The van der Waals surface area contributed by atoms with Gasteiger partial charge >= 0.3 is 5.97 Å². The van der Waals surface area contributed by atoms with E-state index < -0.39 is 18.0 Å². The molecular formula is C25H23ClN2O5S. The van der Waals surface area contributed by atoms with Crippen LogP contribution in [0.3, 0.4) is 0 Å². The third kappa shape index (κ3) is 4.78. The fourth-order valence-corrected chi connectivity index (χ4v) is 5.19. The second-order valence-electron chi connectivity index (χ2n) is 7.87. The zero-order valence-corrected chi connectivity index (χ0v) is 20.5. The summed E-state index contributed by atoms with van der Waals surface area (Å²) in [5.41, 5.74) is 2.13. The molecule has 1 N–H and O–H groups in total. The Labute approximate surface area is 205 Å². The molecule has 3 heterocycles. The Morgan fingerprint density at radius 3 is 2.65 bits per heavy atom. The number of benzene rings is 1. The number of ether oxygens (including phenoxy) is 1. The summed E-state index contributed by atoms with van der Waals surface area (Å²) in [6, 6.07) is 12.9. The van der Waals surface area contributed by atoms with Crippen molar-refractivity contribution in [2.75, 3.05) is 6.54 Å². The lowest BCUT2D eigenvalue weighted by Crippen LogP contribution is -2.34. The fourth-order valence-electron chi connectivity index (χ4n) is 3.76. The highest BCUT2D eigenvalue weighted by atomic mass is 35.5. The number of furan rings is 1. The number of thiophene rings is 1. The number of fused-ring (bicyclic) bond motifs is 1. The predicted molar refractivity (Wildman–Crippen MR) is 131 cm³/mol. The van der Waals surface area contributed by atoms with Gasteiger partial charge in [-0.2, -0.15) is 0 Å². The van der Waals surface area contributed by atoms with Crippen molar-refractivity contribution in [3.05, 3.63) is 81.3 Å². The Morgan fingerprint density at radius 2 is 1.94 bits per heavy atom. The lowest BCUT2D eigenvalue weighted by Gasteiger charge is -2.13. The van der Waals surface area contributed by atoms with Crippen molar-refractivity contribution in [1.29, 1.82) is 0 Å². The molecule has 0 aliphatic carbocycles. The first-order valence-electron chi connectivity index (χ1n) is 10.6. The van der Waals surface area contributed by atoms with Crippen molar-refractivity contribution in [1.82, 2.24) is 9.88 Å². The summed E-state index contributed by atoms with van der Waals surface area (Å²) in [4.78, 5) is 38.1. The normalized spacial score (nSPS) is 12.0. The van der Waals surface area contributed by atoms with Crippen LogP contribution in [0.2, 0.25) is 5.02 Å². The van der Waals surface area contributed by atoms with Crippen LogP contribution in [0.1, 0.15) is 44.1 Å². The van der Waals surface area contributed by atoms with E-state index in [1.807, 2.05) is 54.8 Å². The minimum absolute atomic E-state index is 0.314. The molecule has 7 nitrogen and oxygen atoms in total. The molecule has 0 aliphatic heterocycles. The van der Waals surface area contributed by atoms with Crippen LogP contribution in [0.25, 0.3) is 10.1 Å². The summed E-state index contributed by atoms with van der Waals surface area (Å²) in [5, 5.41) is 3.65. The van der Waals surface area contributed by atoms with E-state index in [2.05, 4.69) is 5.32 Å². The average molecular weight is 499 g/mol. The second-order valence-corrected chi connectivity index (χ2v) is 9.30. The van der Waals surface area contributed by atoms with Gasteiger partial charge in [-0.15, -0.1) is 11.3 Å². The smallest absolute Gasteiger partial charge is 0.326 e. The summed E-state index contributed by atoms with van der Waals surface area (Å²) in [6.07, 6.45) is 0.597. The van der Waals surface area contributed by atoms with Crippen LogP contribution in [0.15, 0.2) is 53.1 Å². The number of aromatic nitrogens is 1. The number of ketones is 1. The number of nitrogens with zero attached hydrogens (tertiary/aromatic N) is 1. The molecule has 9 heteroatoms. The van der Waals surface area contributed by atoms with Gasteiger partial charge in [-0.1, -0.05) is 29.8 Å². The highest BCUT2D eigenvalue weighted by Gasteiger charge is 2.25. The number of rotatable bonds is 8. The highest BCUT2D eigenvalue weighted by Crippen LogP contribution is 2.34. The number of carbonyl (C=O) groups is 3. The lowest BCUT2D eigenvalue weighted by molar-refractivity contribution is -0.145. The van der Waals surface area contributed by atoms with Crippen molar-refractivity contribution in [2.45, 2.75) is 33.4 Å². The van der Waals surface area contributed by atoms with E-state index in [-0.39, 0.29) is 12.3 Å². The zero-order chi connectivity index (χ0) is 24.4. The molecule has 0 aliphatic rings. The van der Waals surface area contributed by atoms with Gasteiger partial charge in [-0.05, 0) is 45.0 Å². The molecule has 1 aromatic carbocycles. The zero-order valence-electron chi connectivity index (χ0n) is 18.9. The highest BCUT2D eigenvalue weighted by molar-refractivity contribution is 7.21. The Kier molecular flexibility index (Phi) is 6.90. The summed E-state index contributed by atoms with van der Waals surface area (Å²) in [5.74, 6) is -0.722. The average Bonchev–Trinajstić information content (AvgIpc) is 3.52. The molecule has 0 spiro atoms. The lowest BCUT2D eigenvalue weighted by atomic mass is 10.1. The molecule has 0 radical (unpaired) electrons. The van der Waals surface area contributed by atoms with Crippen molar-refractivity contribution < 1.29 is 23.5 Å². The minimum atomic E-state index is -1.00. The van der Waals surface area contributed by atoms with E-state index in [9.17, 15) is 14.4 Å². The van der Waals surface area contributed by atoms with Gasteiger partial charge in [0.1, 0.15) is 17.2 Å². The number of hydrogen-bond donors (Lipinski definition) is 1. The first-order chi connectivity index (χ1) is 16.3. The number of amides is 1. The van der Waals surface area contributed by atoms with Gasteiger partial charge in [0.2, 0.25) is 5.78 Å². The van der Waals surface area contributed by atoms with E-state index in [0.29, 0.717) is 22.0 Å². The number of Topliss-reactive ketones (excluding diaryl/α,β-unsaturated/α-hetero) is 1. The Hall–Kier alpha value is -3.36. The molecule has 176 valence electrons. The monoisotopic (exact) mass is 498 g/mol. The number of carbonyl (C=O) groups excluding carboxylic acids is 3. The van der Waals surface area contributed by atoms with E-state index in [1.165, 1.54) is 18.3 Å². The molecule has 4 aromatic rings. The molecule has 0 saturated heterocycles. The van der Waals surface area contributed by atoms with Crippen molar-refractivity contribution in [3.63, 3.8) is 0 Å². The molecule has 3 aromatic heterocycles. The standard InChI is InChI=1S/C25H23ClN2O5S/c1-14-11-19(15(2)28(14)13-17-7-6-10-32-17)23(30)16(3)33-21(29)12-27-25(31)24-22(26)18-8-4-5-9-20(18)34-24/h4-11,16H,12-13H2,1-3H3,(H,27,31). The largest absolute Gasteiger partial charge is 0.467 e. The molecular weight excluding hydrogens is 476 g/mol. The number of esters is 1. The predicted octanol–water partition coefficient (Wildman–Crippen LogP) is 5.16. The van der Waals surface area contributed by atoms with Crippen LogP contribution >= 0.6 is 22.9 Å². The minimum Gasteiger partial charge on any atom is -0.467 e. The number of aryl methyl sites for hydroxylation is 1. The maximum absolute atomic E-state index is 13.0. The second kappa shape index (κ2) is 9.87. The SMILES string of the molecule is Cc1cc(C(=O)C(C)OC(=O)CNC(=O)c2sc3ccccc3c2Cl)c(C)n1Cc1ccco1. The Balaban J connectivity index is 1.36. The topological polar surface area (TPSA) is 90.5 Å². The van der Waals surface area contributed by atoms with Gasteiger partial charge in [0.05, 0.1) is 17.8 Å². The van der Waals surface area contributed by atoms with Gasteiger partial charge in [0.25, 0.3) is 5.91 Å². The quantitative estimate of drug-likeness (QED) is 0.268. The number of nitrogens with one attached hydrogen (secondary N) is 1. The molecule has 0 saturated carbocycles. The van der Waals surface area contributed by atoms with Gasteiger partial charge < -0.3 is 19.0 Å². The Morgan fingerprint density at radius 1 is 1.18 bits per heavy atom. The van der Waals surface area contributed by atoms with Gasteiger partial charge in [-0.25, -0.2) is 0 Å². The van der Waals surface area contributed by atoms with Crippen molar-refractivity contribution >= 4 is 50.7 Å². The van der Waals surface area contributed by atoms with Crippen molar-refractivity contribution in [3.8, 4) is 0 Å². The molecule has 0 fully saturated rings. The first-order valence-corrected chi connectivity index (χ1v) is 11.8. The number of hydrogen-bond acceptors (Lipinski definition) is 6. The molecule has 4 rings (SSSR count). The number of halogens is 1. The summed E-state index contributed by atoms with van der Waals surface area (Å²) in [6.45, 7) is 5.38. The van der Waals surface area contributed by atoms with Crippen LogP contribution in [-0.4, -0.2) is 34.9 Å². The van der Waals surface area contributed by atoms with Crippen molar-refractivity contribution in [2.24, 2.45) is 0 Å². The summed E-state index contributed by atoms with van der Waals surface area (Å²) >= 11 is 7.56. The van der Waals surface area contributed by atoms with Gasteiger partial charge in [0.15, 0.2) is 6.10 Å². The third-order valence-corrected chi connectivity index (χ3v) is 7.22. The Bertz CT molecular complexity index is 1370. The van der Waals surface area contributed by atoms with Crippen LogP contribution < -0.4 is 5.32 Å². The van der Waals surface area contributed by atoms with Crippen LogP contribution in [0, 0.1) is 13.8 Å². The maximum Gasteiger partial charge on any atom is 0.326 e. The van der Waals surface area contributed by atoms with Crippen LogP contribution in [-0.2, 0) is 16.1 Å². The molecule has 0 bridgehead atoms. The third-order valence-electron chi connectivity index (χ3n) is 5.55. The molecule has 1 amide bonds. The van der Waals surface area contributed by atoms with E-state index in [1.54, 1.807) is 12.3 Å². The fraction of sp³-hybridized carbons (Fsp3) is 0.240. The van der Waals surface area contributed by atoms with Gasteiger partial charge in [-0.3, -0.25) is 14.4 Å². The molecule has 1 atom stereocenters.